The number of ketones is 1. The Kier molecular flexibility index (Phi) is 2.81. The minimum atomic E-state index is -0.846. The summed E-state index contributed by atoms with van der Waals surface area (Å²) in [5.74, 6) is -3.64. The highest BCUT2D eigenvalue weighted by atomic mass is 16.3. The minimum absolute atomic E-state index is 0.244. The van der Waals surface area contributed by atoms with Gasteiger partial charge >= 0.3 is 0 Å². The van der Waals surface area contributed by atoms with E-state index in [1.807, 2.05) is 0 Å². The first-order valence-electron chi connectivity index (χ1n) is 5.09. The highest BCUT2D eigenvalue weighted by Crippen LogP contribution is 2.43. The van der Waals surface area contributed by atoms with Crippen molar-refractivity contribution in [2.45, 2.75) is 0 Å². The molecular weight excluding hydrogens is 236 g/mol. The molecule has 0 spiro atoms. The second kappa shape index (κ2) is 4.29. The van der Waals surface area contributed by atoms with Gasteiger partial charge in [-0.05, 0) is 0 Å². The van der Waals surface area contributed by atoms with Crippen LogP contribution in [0.3, 0.4) is 0 Å². The third-order valence-electron chi connectivity index (χ3n) is 2.50. The van der Waals surface area contributed by atoms with Gasteiger partial charge in [0.2, 0.25) is 11.5 Å². The molecule has 2 rings (SSSR count). The molecule has 0 bridgehead atoms. The quantitative estimate of drug-likeness (QED) is 0.367. The Morgan fingerprint density at radius 2 is 1.44 bits per heavy atom. The fourth-order valence-electron chi connectivity index (χ4n) is 1.59. The van der Waals surface area contributed by atoms with E-state index in [1.54, 1.807) is 18.2 Å². The van der Waals surface area contributed by atoms with Crippen LogP contribution in [0, 0.1) is 0 Å². The van der Waals surface area contributed by atoms with Crippen LogP contribution >= 0.6 is 0 Å². The van der Waals surface area contributed by atoms with E-state index in [9.17, 15) is 25.2 Å². The number of phenols is 4. The standard InChI is InChI=1S/C13H10O5/c14-8-6-9(15)12(17)13(18)10(8)11(16)7-4-2-1-3-5-7/h1-6,14-15,17-18H. The fourth-order valence-corrected chi connectivity index (χ4v) is 1.59. The van der Waals surface area contributed by atoms with Crippen LogP contribution in [-0.4, -0.2) is 26.2 Å². The Labute approximate surface area is 102 Å². The summed E-state index contributed by atoms with van der Waals surface area (Å²) in [5, 5.41) is 37.7. The van der Waals surface area contributed by atoms with Gasteiger partial charge in [-0.2, -0.15) is 0 Å². The van der Waals surface area contributed by atoms with Crippen molar-refractivity contribution in [2.75, 3.05) is 0 Å². The molecule has 92 valence electrons. The molecule has 4 N–H and O–H groups in total. The summed E-state index contributed by atoms with van der Waals surface area (Å²) in [7, 11) is 0. The van der Waals surface area contributed by atoms with Gasteiger partial charge in [-0.25, -0.2) is 0 Å². The van der Waals surface area contributed by atoms with Crippen LogP contribution in [0.25, 0.3) is 0 Å². The molecule has 0 saturated carbocycles. The van der Waals surface area contributed by atoms with E-state index in [-0.39, 0.29) is 5.56 Å². The van der Waals surface area contributed by atoms with Gasteiger partial charge < -0.3 is 20.4 Å². The average molecular weight is 246 g/mol. The summed E-state index contributed by atoms with van der Waals surface area (Å²) < 4.78 is 0. The average Bonchev–Trinajstić information content (AvgIpc) is 2.37. The number of carbonyl (C=O) groups excluding carboxylic acids is 1. The number of phenolic OH excluding ortho intramolecular Hbond substituents is 4. The molecule has 0 saturated heterocycles. The molecule has 0 aliphatic carbocycles. The van der Waals surface area contributed by atoms with Crippen molar-refractivity contribution in [1.29, 1.82) is 0 Å². The summed E-state index contributed by atoms with van der Waals surface area (Å²) in [6, 6.07) is 8.77. The van der Waals surface area contributed by atoms with Crippen LogP contribution in [0.15, 0.2) is 36.4 Å². The van der Waals surface area contributed by atoms with Crippen LogP contribution in [0.2, 0.25) is 0 Å². The van der Waals surface area contributed by atoms with E-state index in [1.165, 1.54) is 12.1 Å². The van der Waals surface area contributed by atoms with Crippen molar-refractivity contribution in [2.24, 2.45) is 0 Å². The molecule has 5 nitrogen and oxygen atoms in total. The number of hydrogen-bond donors (Lipinski definition) is 4. The number of benzene rings is 2. The van der Waals surface area contributed by atoms with E-state index in [2.05, 4.69) is 0 Å². The second-order valence-electron chi connectivity index (χ2n) is 3.68. The third kappa shape index (κ3) is 1.82. The molecule has 0 unspecified atom stereocenters. The molecule has 0 aromatic heterocycles. The number of aromatic hydroxyl groups is 4. The monoisotopic (exact) mass is 246 g/mol. The van der Waals surface area contributed by atoms with E-state index < -0.39 is 34.3 Å². The summed E-state index contributed by atoms with van der Waals surface area (Å²) in [5.41, 5.74) is -0.204. The molecule has 0 atom stereocenters. The van der Waals surface area contributed by atoms with Crippen LogP contribution in [-0.2, 0) is 0 Å². The number of carbonyl (C=O) groups is 1. The van der Waals surface area contributed by atoms with Crippen molar-refractivity contribution in [3.8, 4) is 23.0 Å². The zero-order chi connectivity index (χ0) is 13.3. The van der Waals surface area contributed by atoms with Crippen molar-refractivity contribution in [1.82, 2.24) is 0 Å². The van der Waals surface area contributed by atoms with E-state index in [4.69, 9.17) is 0 Å². The maximum atomic E-state index is 12.0. The Bertz CT molecular complexity index is 605. The molecule has 0 heterocycles. The van der Waals surface area contributed by atoms with E-state index in [0.717, 1.165) is 6.07 Å². The van der Waals surface area contributed by atoms with Gasteiger partial charge in [0, 0.05) is 11.6 Å². The van der Waals surface area contributed by atoms with Crippen molar-refractivity contribution < 1.29 is 25.2 Å². The van der Waals surface area contributed by atoms with Crippen LogP contribution < -0.4 is 0 Å². The zero-order valence-corrected chi connectivity index (χ0v) is 9.16. The van der Waals surface area contributed by atoms with Gasteiger partial charge in [0.1, 0.15) is 11.3 Å². The first-order valence-corrected chi connectivity index (χ1v) is 5.09. The molecule has 0 fully saturated rings. The lowest BCUT2D eigenvalue weighted by atomic mass is 10.0. The van der Waals surface area contributed by atoms with E-state index in [0.29, 0.717) is 0 Å². The van der Waals surface area contributed by atoms with Gasteiger partial charge in [0.05, 0.1) is 0 Å². The highest BCUT2D eigenvalue weighted by molar-refractivity contribution is 6.13. The Balaban J connectivity index is 2.59. The number of hydrogen-bond acceptors (Lipinski definition) is 5. The Morgan fingerprint density at radius 3 is 2.06 bits per heavy atom. The molecule has 18 heavy (non-hydrogen) atoms. The molecule has 0 amide bonds. The topological polar surface area (TPSA) is 98.0 Å². The van der Waals surface area contributed by atoms with Gasteiger partial charge in [-0.15, -0.1) is 0 Å². The maximum absolute atomic E-state index is 12.0. The Morgan fingerprint density at radius 1 is 0.833 bits per heavy atom. The number of rotatable bonds is 2. The summed E-state index contributed by atoms with van der Waals surface area (Å²) >= 11 is 0. The molecular formula is C13H10O5. The molecule has 2 aromatic rings. The molecule has 0 radical (unpaired) electrons. The fraction of sp³-hybridized carbons (Fsp3) is 0. The summed E-state index contributed by atoms with van der Waals surface area (Å²) in [4.78, 5) is 12.0. The molecule has 0 aliphatic rings. The summed E-state index contributed by atoms with van der Waals surface area (Å²) in [6.07, 6.45) is 0. The summed E-state index contributed by atoms with van der Waals surface area (Å²) in [6.45, 7) is 0. The van der Waals surface area contributed by atoms with Crippen molar-refractivity contribution in [3.63, 3.8) is 0 Å². The lowest BCUT2D eigenvalue weighted by molar-refractivity contribution is 0.103. The largest absolute Gasteiger partial charge is 0.507 e. The highest BCUT2D eigenvalue weighted by Gasteiger charge is 2.23. The first-order chi connectivity index (χ1) is 8.52. The second-order valence-corrected chi connectivity index (χ2v) is 3.68. The normalized spacial score (nSPS) is 10.2. The first kappa shape index (κ1) is 11.8. The zero-order valence-electron chi connectivity index (χ0n) is 9.16. The lowest BCUT2D eigenvalue weighted by Crippen LogP contribution is -2.02. The van der Waals surface area contributed by atoms with Gasteiger partial charge in [0.25, 0.3) is 0 Å². The molecule has 0 aliphatic heterocycles. The molecule has 2 aromatic carbocycles. The van der Waals surface area contributed by atoms with Crippen LogP contribution in [0.1, 0.15) is 15.9 Å². The smallest absolute Gasteiger partial charge is 0.201 e. The SMILES string of the molecule is O=C(c1ccccc1)c1c(O)cc(O)c(O)c1O. The Hall–Kier alpha value is -2.69. The van der Waals surface area contributed by atoms with Crippen LogP contribution in [0.4, 0.5) is 0 Å². The van der Waals surface area contributed by atoms with Crippen LogP contribution in [0.5, 0.6) is 23.0 Å². The minimum Gasteiger partial charge on any atom is -0.507 e. The maximum Gasteiger partial charge on any atom is 0.201 e. The van der Waals surface area contributed by atoms with Crippen molar-refractivity contribution >= 4 is 5.78 Å². The van der Waals surface area contributed by atoms with E-state index >= 15 is 0 Å². The lowest BCUT2D eigenvalue weighted by Gasteiger charge is -2.09. The third-order valence-corrected chi connectivity index (χ3v) is 2.50. The predicted octanol–water partition coefficient (Wildman–Crippen LogP) is 1.74. The van der Waals surface area contributed by atoms with Gasteiger partial charge in [-0.1, -0.05) is 30.3 Å². The van der Waals surface area contributed by atoms with Gasteiger partial charge in [-0.3, -0.25) is 4.79 Å². The van der Waals surface area contributed by atoms with Gasteiger partial charge in [0.15, 0.2) is 11.5 Å². The molecule has 5 heteroatoms. The van der Waals surface area contributed by atoms with Crippen molar-refractivity contribution in [3.05, 3.63) is 47.5 Å². The predicted molar refractivity (Wildman–Crippen MR) is 63.0 cm³/mol.